The molecule has 1 aromatic carbocycles. The second-order valence-corrected chi connectivity index (χ2v) is 7.00. The molecule has 0 saturated carbocycles. The summed E-state index contributed by atoms with van der Waals surface area (Å²) >= 11 is 0. The van der Waals surface area contributed by atoms with E-state index in [1.54, 1.807) is 50.2 Å². The summed E-state index contributed by atoms with van der Waals surface area (Å²) in [6, 6.07) is 11.4. The number of anilines is 2. The number of pyridine rings is 1. The fourth-order valence-electron chi connectivity index (χ4n) is 3.04. The van der Waals surface area contributed by atoms with Crippen LogP contribution in [-0.2, 0) is 25.7 Å². The number of hydrogen-bond acceptors (Lipinski definition) is 5. The number of benzene rings is 1. The third-order valence-electron chi connectivity index (χ3n) is 4.58. The second kappa shape index (κ2) is 7.30. The minimum absolute atomic E-state index is 0.308. The highest BCUT2D eigenvalue weighted by Gasteiger charge is 2.45. The molecule has 0 bridgehead atoms. The van der Waals surface area contributed by atoms with E-state index in [1.807, 2.05) is 0 Å². The lowest BCUT2D eigenvalue weighted by Gasteiger charge is -2.42. The topological polar surface area (TPSA) is 97.7 Å². The van der Waals surface area contributed by atoms with Gasteiger partial charge in [-0.05, 0) is 39.0 Å². The number of esters is 1. The van der Waals surface area contributed by atoms with Crippen LogP contribution in [0, 0.1) is 0 Å². The van der Waals surface area contributed by atoms with Crippen LogP contribution in [0.2, 0.25) is 0 Å². The molecule has 2 aromatic rings. The number of nitrogens with one attached hydrogen (secondary N) is 1. The lowest BCUT2D eigenvalue weighted by Crippen LogP contribution is -2.60. The summed E-state index contributed by atoms with van der Waals surface area (Å²) in [6.45, 7) is 4.37. The first-order valence-electron chi connectivity index (χ1n) is 8.81. The molecule has 3 rings (SSSR count). The van der Waals surface area contributed by atoms with Crippen LogP contribution in [0.15, 0.2) is 53.5 Å². The Hall–Kier alpha value is -3.42. The van der Waals surface area contributed by atoms with Crippen molar-refractivity contribution in [2.24, 2.45) is 0 Å². The Morgan fingerprint density at radius 2 is 1.79 bits per heavy atom. The van der Waals surface area contributed by atoms with Crippen molar-refractivity contribution in [3.8, 4) is 0 Å². The van der Waals surface area contributed by atoms with E-state index in [1.165, 1.54) is 28.7 Å². The Morgan fingerprint density at radius 3 is 2.50 bits per heavy atom. The lowest BCUT2D eigenvalue weighted by molar-refractivity contribution is -0.155. The van der Waals surface area contributed by atoms with Gasteiger partial charge in [-0.1, -0.05) is 18.2 Å². The van der Waals surface area contributed by atoms with Crippen molar-refractivity contribution < 1.29 is 19.1 Å². The van der Waals surface area contributed by atoms with E-state index in [4.69, 9.17) is 4.74 Å². The molecule has 0 saturated heterocycles. The van der Waals surface area contributed by atoms with Gasteiger partial charge in [0.1, 0.15) is 12.1 Å². The number of ether oxygens (including phenoxy) is 1. The molecular weight excluding hydrogens is 362 g/mol. The molecule has 0 fully saturated rings. The average Bonchev–Trinajstić information content (AvgIpc) is 2.64. The van der Waals surface area contributed by atoms with Crippen molar-refractivity contribution in [3.05, 3.63) is 59.0 Å². The highest BCUT2D eigenvalue weighted by Crippen LogP contribution is 2.37. The molecule has 1 N–H and O–H groups in total. The van der Waals surface area contributed by atoms with E-state index in [0.717, 1.165) is 0 Å². The van der Waals surface area contributed by atoms with Gasteiger partial charge in [0.15, 0.2) is 6.10 Å². The Kier molecular flexibility index (Phi) is 5.04. The van der Waals surface area contributed by atoms with Crippen molar-refractivity contribution in [1.29, 1.82) is 0 Å². The first kappa shape index (κ1) is 19.3. The summed E-state index contributed by atoms with van der Waals surface area (Å²) in [5.41, 5.74) is -0.474. The molecule has 8 nitrogen and oxygen atoms in total. The number of hydrogen-bond donors (Lipinski definition) is 1. The van der Waals surface area contributed by atoms with Gasteiger partial charge in [-0.25, -0.2) is 0 Å². The molecule has 0 spiro atoms. The van der Waals surface area contributed by atoms with Crippen LogP contribution in [0.4, 0.5) is 11.4 Å². The van der Waals surface area contributed by atoms with Gasteiger partial charge in [-0.15, -0.1) is 0 Å². The van der Waals surface area contributed by atoms with E-state index in [-0.39, 0.29) is 18.0 Å². The van der Waals surface area contributed by atoms with Gasteiger partial charge in [0.05, 0.1) is 11.4 Å². The van der Waals surface area contributed by atoms with Crippen LogP contribution in [0.5, 0.6) is 0 Å². The fraction of sp³-hybridized carbons (Fsp3) is 0.300. The Morgan fingerprint density at radius 1 is 1.11 bits per heavy atom. The van der Waals surface area contributed by atoms with Crippen LogP contribution in [0.1, 0.15) is 20.8 Å². The van der Waals surface area contributed by atoms with Gasteiger partial charge >= 0.3 is 5.97 Å². The van der Waals surface area contributed by atoms with E-state index in [0.29, 0.717) is 11.4 Å². The second-order valence-electron chi connectivity index (χ2n) is 7.00. The standard InChI is InChI=1S/C20H21N3O5/c1-13(28-17(25)12-22-11-7-6-10-16(22)24)18(26)23-15-9-5-4-8-14(15)21-19(27)20(23,2)3/h4-11,13H,12H2,1-3H3,(H,21,27)/t13-/m0/s1. The minimum atomic E-state index is -1.16. The SMILES string of the molecule is C[C@H](OC(=O)Cn1ccccc1=O)C(=O)N1c2ccccc2NC(=O)C1(C)C. The highest BCUT2D eigenvalue weighted by atomic mass is 16.5. The highest BCUT2D eigenvalue weighted by molar-refractivity contribution is 6.15. The number of aromatic nitrogens is 1. The van der Waals surface area contributed by atoms with Gasteiger partial charge in [-0.2, -0.15) is 0 Å². The largest absolute Gasteiger partial charge is 0.451 e. The predicted molar refractivity (Wildman–Crippen MR) is 103 cm³/mol. The van der Waals surface area contributed by atoms with E-state index >= 15 is 0 Å². The van der Waals surface area contributed by atoms with Crippen LogP contribution < -0.4 is 15.8 Å². The Labute approximate surface area is 161 Å². The maximum absolute atomic E-state index is 13.1. The molecule has 2 amide bonds. The normalized spacial score (nSPS) is 16.0. The van der Waals surface area contributed by atoms with Gasteiger partial charge in [-0.3, -0.25) is 24.1 Å². The summed E-state index contributed by atoms with van der Waals surface area (Å²) in [5.74, 6) is -1.59. The molecule has 28 heavy (non-hydrogen) atoms. The summed E-state index contributed by atoms with van der Waals surface area (Å²) in [7, 11) is 0. The van der Waals surface area contributed by atoms with Crippen molar-refractivity contribution in [2.45, 2.75) is 39.0 Å². The molecule has 1 aromatic heterocycles. The van der Waals surface area contributed by atoms with Crippen molar-refractivity contribution in [2.75, 3.05) is 10.2 Å². The van der Waals surface area contributed by atoms with E-state index < -0.39 is 23.5 Å². The smallest absolute Gasteiger partial charge is 0.326 e. The number of nitrogens with zero attached hydrogens (tertiary/aromatic N) is 2. The lowest BCUT2D eigenvalue weighted by atomic mass is 9.95. The van der Waals surface area contributed by atoms with Gasteiger partial charge in [0.25, 0.3) is 11.5 Å². The molecule has 0 unspecified atom stereocenters. The molecule has 1 aliphatic heterocycles. The third-order valence-corrected chi connectivity index (χ3v) is 4.58. The Bertz CT molecular complexity index is 995. The summed E-state index contributed by atoms with van der Waals surface area (Å²) < 4.78 is 6.43. The number of carbonyl (C=O) groups excluding carboxylic acids is 3. The molecule has 2 heterocycles. The molecular formula is C20H21N3O5. The first-order valence-corrected chi connectivity index (χ1v) is 8.81. The molecule has 0 radical (unpaired) electrons. The van der Waals surface area contributed by atoms with Crippen molar-refractivity contribution in [3.63, 3.8) is 0 Å². The molecule has 1 aliphatic rings. The van der Waals surface area contributed by atoms with Crippen LogP contribution in [0.3, 0.4) is 0 Å². The van der Waals surface area contributed by atoms with Crippen LogP contribution in [0.25, 0.3) is 0 Å². The maximum atomic E-state index is 13.1. The molecule has 146 valence electrons. The van der Waals surface area contributed by atoms with Crippen LogP contribution in [-0.4, -0.2) is 34.0 Å². The quantitative estimate of drug-likeness (QED) is 0.808. The van der Waals surface area contributed by atoms with Crippen molar-refractivity contribution >= 4 is 29.2 Å². The summed E-state index contributed by atoms with van der Waals surface area (Å²) in [4.78, 5) is 50.8. The minimum Gasteiger partial charge on any atom is -0.451 e. The van der Waals surface area contributed by atoms with E-state index in [9.17, 15) is 19.2 Å². The van der Waals surface area contributed by atoms with Crippen LogP contribution >= 0.6 is 0 Å². The molecule has 0 aliphatic carbocycles. The molecule has 1 atom stereocenters. The predicted octanol–water partition coefficient (Wildman–Crippen LogP) is 1.54. The summed E-state index contributed by atoms with van der Waals surface area (Å²) in [6.07, 6.45) is 0.329. The van der Waals surface area contributed by atoms with Gasteiger partial charge in [0.2, 0.25) is 5.91 Å². The molecule has 8 heteroatoms. The number of para-hydroxylation sites is 2. The fourth-order valence-corrected chi connectivity index (χ4v) is 3.04. The number of fused-ring (bicyclic) bond motifs is 1. The number of amides is 2. The van der Waals surface area contributed by atoms with Crippen molar-refractivity contribution in [1.82, 2.24) is 4.57 Å². The van der Waals surface area contributed by atoms with Gasteiger partial charge in [0, 0.05) is 12.3 Å². The zero-order valence-electron chi connectivity index (χ0n) is 15.8. The van der Waals surface area contributed by atoms with E-state index in [2.05, 4.69) is 5.32 Å². The third kappa shape index (κ3) is 3.53. The maximum Gasteiger partial charge on any atom is 0.326 e. The first-order chi connectivity index (χ1) is 13.2. The zero-order chi connectivity index (χ0) is 20.5. The zero-order valence-corrected chi connectivity index (χ0v) is 15.8. The monoisotopic (exact) mass is 383 g/mol. The summed E-state index contributed by atoms with van der Waals surface area (Å²) in [5, 5.41) is 2.77. The number of carbonyl (C=O) groups is 3. The number of rotatable bonds is 4. The van der Waals surface area contributed by atoms with Gasteiger partial charge < -0.3 is 14.6 Å². The average molecular weight is 383 g/mol. The Balaban J connectivity index is 1.80.